The summed E-state index contributed by atoms with van der Waals surface area (Å²) >= 11 is 0. The average molecular weight is 223 g/mol. The normalized spacial score (nSPS) is 19.6. The second-order valence-corrected chi connectivity index (χ2v) is 4.28. The van der Waals surface area contributed by atoms with Gasteiger partial charge in [-0.05, 0) is 49.5 Å². The maximum atomic E-state index is 12.8. The summed E-state index contributed by atoms with van der Waals surface area (Å²) in [6, 6.07) is 6.72. The Morgan fingerprint density at radius 2 is 1.88 bits per heavy atom. The summed E-state index contributed by atoms with van der Waals surface area (Å²) in [5.41, 5.74) is 3.92. The molecule has 1 aliphatic heterocycles. The highest BCUT2D eigenvalue weighted by molar-refractivity contribution is 5.20. The molecule has 0 saturated carbocycles. The number of rotatable bonds is 3. The van der Waals surface area contributed by atoms with E-state index >= 15 is 0 Å². The Kier molecular flexibility index (Phi) is 3.88. The molecule has 1 aromatic rings. The fourth-order valence-electron chi connectivity index (χ4n) is 2.35. The highest BCUT2D eigenvalue weighted by Crippen LogP contribution is 2.28. The van der Waals surface area contributed by atoms with E-state index in [4.69, 9.17) is 5.84 Å². The number of hydrogen-bond donors (Lipinski definition) is 3. The van der Waals surface area contributed by atoms with Gasteiger partial charge in [0.05, 0.1) is 0 Å². The molecule has 0 radical (unpaired) electrons. The highest BCUT2D eigenvalue weighted by Gasteiger charge is 2.23. The SMILES string of the molecule is NNC(c1ccc(F)cc1)C1CCNCC1. The minimum Gasteiger partial charge on any atom is -0.317 e. The molecule has 16 heavy (non-hydrogen) atoms. The molecule has 1 saturated heterocycles. The van der Waals surface area contributed by atoms with Gasteiger partial charge in [-0.2, -0.15) is 0 Å². The van der Waals surface area contributed by atoms with Crippen LogP contribution in [0.15, 0.2) is 24.3 Å². The molecule has 0 amide bonds. The summed E-state index contributed by atoms with van der Waals surface area (Å²) in [6.45, 7) is 2.06. The molecule has 4 heteroatoms. The van der Waals surface area contributed by atoms with Crippen molar-refractivity contribution < 1.29 is 4.39 Å². The Bertz CT molecular complexity index is 320. The maximum absolute atomic E-state index is 12.8. The van der Waals surface area contributed by atoms with Crippen LogP contribution in [0.4, 0.5) is 4.39 Å². The molecule has 0 spiro atoms. The molecule has 0 aromatic heterocycles. The van der Waals surface area contributed by atoms with Gasteiger partial charge in [0.1, 0.15) is 5.82 Å². The Hall–Kier alpha value is -0.970. The molecule has 4 N–H and O–H groups in total. The number of halogens is 1. The lowest BCUT2D eigenvalue weighted by molar-refractivity contribution is 0.285. The van der Waals surface area contributed by atoms with Crippen molar-refractivity contribution in [2.24, 2.45) is 11.8 Å². The van der Waals surface area contributed by atoms with E-state index in [-0.39, 0.29) is 11.9 Å². The molecule has 1 aliphatic rings. The average Bonchev–Trinajstić information content (AvgIpc) is 2.34. The third-order valence-electron chi connectivity index (χ3n) is 3.26. The second kappa shape index (κ2) is 5.39. The number of benzene rings is 1. The summed E-state index contributed by atoms with van der Waals surface area (Å²) in [5, 5.41) is 3.33. The molecule has 0 aliphatic carbocycles. The third kappa shape index (κ3) is 2.58. The van der Waals surface area contributed by atoms with Crippen LogP contribution in [-0.4, -0.2) is 13.1 Å². The van der Waals surface area contributed by atoms with Gasteiger partial charge in [-0.15, -0.1) is 0 Å². The maximum Gasteiger partial charge on any atom is 0.123 e. The topological polar surface area (TPSA) is 50.1 Å². The van der Waals surface area contributed by atoms with Gasteiger partial charge in [0, 0.05) is 6.04 Å². The fourth-order valence-corrected chi connectivity index (χ4v) is 2.35. The van der Waals surface area contributed by atoms with Crippen LogP contribution in [0.5, 0.6) is 0 Å². The van der Waals surface area contributed by atoms with Crippen LogP contribution in [0, 0.1) is 11.7 Å². The van der Waals surface area contributed by atoms with Crippen LogP contribution in [0.3, 0.4) is 0 Å². The van der Waals surface area contributed by atoms with Crippen LogP contribution in [0.2, 0.25) is 0 Å². The van der Waals surface area contributed by atoms with Crippen molar-refractivity contribution in [3.63, 3.8) is 0 Å². The molecule has 1 heterocycles. The van der Waals surface area contributed by atoms with Crippen molar-refractivity contribution in [2.45, 2.75) is 18.9 Å². The highest BCUT2D eigenvalue weighted by atomic mass is 19.1. The Morgan fingerprint density at radius 3 is 2.44 bits per heavy atom. The zero-order valence-electron chi connectivity index (χ0n) is 9.25. The van der Waals surface area contributed by atoms with Gasteiger partial charge >= 0.3 is 0 Å². The molecule has 88 valence electrons. The number of nitrogens with two attached hydrogens (primary N) is 1. The van der Waals surface area contributed by atoms with Crippen molar-refractivity contribution in [2.75, 3.05) is 13.1 Å². The minimum absolute atomic E-state index is 0.127. The van der Waals surface area contributed by atoms with Crippen molar-refractivity contribution in [3.8, 4) is 0 Å². The van der Waals surface area contributed by atoms with Crippen molar-refractivity contribution in [1.29, 1.82) is 0 Å². The van der Waals surface area contributed by atoms with Gasteiger partial charge in [0.25, 0.3) is 0 Å². The Balaban J connectivity index is 2.11. The van der Waals surface area contributed by atoms with Crippen LogP contribution in [-0.2, 0) is 0 Å². The molecule has 1 fully saturated rings. The fraction of sp³-hybridized carbons (Fsp3) is 0.500. The second-order valence-electron chi connectivity index (χ2n) is 4.28. The molecule has 1 aromatic carbocycles. The lowest BCUT2D eigenvalue weighted by atomic mass is 9.86. The monoisotopic (exact) mass is 223 g/mol. The summed E-state index contributed by atoms with van der Waals surface area (Å²) in [4.78, 5) is 0. The van der Waals surface area contributed by atoms with Gasteiger partial charge in [-0.3, -0.25) is 11.3 Å². The zero-order valence-corrected chi connectivity index (χ0v) is 9.25. The Morgan fingerprint density at radius 1 is 1.25 bits per heavy atom. The van der Waals surface area contributed by atoms with E-state index in [0.29, 0.717) is 5.92 Å². The van der Waals surface area contributed by atoms with Gasteiger partial charge in [0.2, 0.25) is 0 Å². The standard InChI is InChI=1S/C12H18FN3/c13-11-3-1-9(2-4-11)12(16-14)10-5-7-15-8-6-10/h1-4,10,12,15-16H,5-8,14H2. The van der Waals surface area contributed by atoms with E-state index in [1.165, 1.54) is 12.1 Å². The first kappa shape index (κ1) is 11.5. The lowest BCUT2D eigenvalue weighted by Gasteiger charge is -2.30. The smallest absolute Gasteiger partial charge is 0.123 e. The number of hydrogen-bond acceptors (Lipinski definition) is 3. The molecular formula is C12H18FN3. The van der Waals surface area contributed by atoms with E-state index in [9.17, 15) is 4.39 Å². The summed E-state index contributed by atoms with van der Waals surface area (Å²) < 4.78 is 12.8. The number of piperidine rings is 1. The first-order valence-corrected chi connectivity index (χ1v) is 5.73. The first-order valence-electron chi connectivity index (χ1n) is 5.73. The predicted molar refractivity (Wildman–Crippen MR) is 62.1 cm³/mol. The quantitative estimate of drug-likeness (QED) is 0.535. The van der Waals surface area contributed by atoms with E-state index in [1.807, 2.05) is 12.1 Å². The Labute approximate surface area is 95.2 Å². The largest absolute Gasteiger partial charge is 0.317 e. The van der Waals surface area contributed by atoms with E-state index in [0.717, 1.165) is 31.5 Å². The summed E-state index contributed by atoms with van der Waals surface area (Å²) in [6.07, 6.45) is 2.21. The summed E-state index contributed by atoms with van der Waals surface area (Å²) in [7, 11) is 0. The van der Waals surface area contributed by atoms with Crippen LogP contribution in [0.25, 0.3) is 0 Å². The van der Waals surface area contributed by atoms with E-state index in [2.05, 4.69) is 10.7 Å². The molecular weight excluding hydrogens is 205 g/mol. The van der Waals surface area contributed by atoms with Gasteiger partial charge in [0.15, 0.2) is 0 Å². The van der Waals surface area contributed by atoms with Crippen LogP contribution in [0.1, 0.15) is 24.4 Å². The first-order chi connectivity index (χ1) is 7.81. The van der Waals surface area contributed by atoms with E-state index < -0.39 is 0 Å². The molecule has 1 unspecified atom stereocenters. The van der Waals surface area contributed by atoms with Gasteiger partial charge in [-0.1, -0.05) is 12.1 Å². The summed E-state index contributed by atoms with van der Waals surface area (Å²) in [5.74, 6) is 5.93. The molecule has 1 atom stereocenters. The van der Waals surface area contributed by atoms with Crippen molar-refractivity contribution in [3.05, 3.63) is 35.6 Å². The van der Waals surface area contributed by atoms with Crippen LogP contribution < -0.4 is 16.6 Å². The van der Waals surface area contributed by atoms with Crippen LogP contribution >= 0.6 is 0 Å². The van der Waals surface area contributed by atoms with Gasteiger partial charge in [-0.25, -0.2) is 4.39 Å². The lowest BCUT2D eigenvalue weighted by Crippen LogP contribution is -2.39. The third-order valence-corrected chi connectivity index (χ3v) is 3.26. The molecule has 3 nitrogen and oxygen atoms in total. The number of hydrazine groups is 1. The van der Waals surface area contributed by atoms with Crippen molar-refractivity contribution >= 4 is 0 Å². The van der Waals surface area contributed by atoms with E-state index in [1.54, 1.807) is 0 Å². The number of nitrogens with one attached hydrogen (secondary N) is 2. The minimum atomic E-state index is -0.204. The van der Waals surface area contributed by atoms with Crippen molar-refractivity contribution in [1.82, 2.24) is 10.7 Å². The molecule has 0 bridgehead atoms. The zero-order chi connectivity index (χ0) is 11.4. The van der Waals surface area contributed by atoms with Gasteiger partial charge < -0.3 is 5.32 Å². The molecule has 2 rings (SSSR count). The predicted octanol–water partition coefficient (Wildman–Crippen LogP) is 1.33.